The Bertz CT molecular complexity index is 624. The number of hydrogen-bond acceptors (Lipinski definition) is 3. The van der Waals surface area contributed by atoms with Crippen molar-refractivity contribution in [2.75, 3.05) is 17.2 Å². The molecule has 0 saturated heterocycles. The van der Waals surface area contributed by atoms with Crippen LogP contribution in [0.25, 0.3) is 0 Å². The summed E-state index contributed by atoms with van der Waals surface area (Å²) < 4.78 is 27.0. The molecule has 6 heteroatoms. The number of rotatable bonds is 6. The summed E-state index contributed by atoms with van der Waals surface area (Å²) in [5.74, 6) is -2.32. The molecular formula is C16H17F2N3O. The van der Waals surface area contributed by atoms with Gasteiger partial charge in [-0.1, -0.05) is 19.4 Å². The number of halogens is 2. The molecule has 2 N–H and O–H groups in total. The number of aromatic nitrogens is 1. The van der Waals surface area contributed by atoms with Crippen LogP contribution in [0.3, 0.4) is 0 Å². The minimum absolute atomic E-state index is 0.0868. The molecule has 0 spiro atoms. The van der Waals surface area contributed by atoms with Crippen LogP contribution in [-0.2, 0) is 0 Å². The van der Waals surface area contributed by atoms with Crippen molar-refractivity contribution in [3.63, 3.8) is 0 Å². The molecule has 2 rings (SSSR count). The van der Waals surface area contributed by atoms with Crippen LogP contribution in [0.15, 0.2) is 36.5 Å². The zero-order valence-corrected chi connectivity index (χ0v) is 12.2. The van der Waals surface area contributed by atoms with E-state index in [1.54, 1.807) is 6.07 Å². The van der Waals surface area contributed by atoms with Crippen LogP contribution in [0, 0.1) is 11.6 Å². The molecule has 1 amide bonds. The summed E-state index contributed by atoms with van der Waals surface area (Å²) in [7, 11) is 0. The molecule has 2 aromatic rings. The highest BCUT2D eigenvalue weighted by Gasteiger charge is 2.14. The van der Waals surface area contributed by atoms with Gasteiger partial charge in [-0.15, -0.1) is 0 Å². The maximum atomic E-state index is 13.5. The van der Waals surface area contributed by atoms with Crippen molar-refractivity contribution in [1.29, 1.82) is 0 Å². The predicted octanol–water partition coefficient (Wildman–Crippen LogP) is 3.82. The van der Waals surface area contributed by atoms with Crippen molar-refractivity contribution < 1.29 is 13.6 Å². The second-order valence-electron chi connectivity index (χ2n) is 4.76. The van der Waals surface area contributed by atoms with Gasteiger partial charge in [0.15, 0.2) is 0 Å². The lowest BCUT2D eigenvalue weighted by Crippen LogP contribution is -2.16. The molecule has 116 valence electrons. The van der Waals surface area contributed by atoms with Crippen LogP contribution >= 0.6 is 0 Å². The average molecular weight is 305 g/mol. The fourth-order valence-electron chi connectivity index (χ4n) is 1.84. The van der Waals surface area contributed by atoms with Crippen LogP contribution in [-0.4, -0.2) is 17.4 Å². The van der Waals surface area contributed by atoms with Gasteiger partial charge >= 0.3 is 0 Å². The predicted molar refractivity (Wildman–Crippen MR) is 81.9 cm³/mol. The molecule has 1 heterocycles. The van der Waals surface area contributed by atoms with E-state index in [0.717, 1.165) is 37.2 Å². The molecule has 0 unspecified atom stereocenters. The summed E-state index contributed by atoms with van der Waals surface area (Å²) in [4.78, 5) is 16.0. The number of amides is 1. The highest BCUT2D eigenvalue weighted by Crippen LogP contribution is 2.18. The first kappa shape index (κ1) is 15.9. The van der Waals surface area contributed by atoms with E-state index in [1.165, 1.54) is 18.3 Å². The molecule has 0 atom stereocenters. The second kappa shape index (κ2) is 7.49. The van der Waals surface area contributed by atoms with Crippen LogP contribution in [0.4, 0.5) is 20.2 Å². The van der Waals surface area contributed by atoms with E-state index in [4.69, 9.17) is 0 Å². The molecule has 0 aliphatic carbocycles. The van der Waals surface area contributed by atoms with E-state index in [-0.39, 0.29) is 5.69 Å². The number of nitrogens with one attached hydrogen (secondary N) is 2. The second-order valence-corrected chi connectivity index (χ2v) is 4.76. The minimum Gasteiger partial charge on any atom is -0.384 e. The van der Waals surface area contributed by atoms with Crippen LogP contribution < -0.4 is 10.6 Å². The van der Waals surface area contributed by atoms with E-state index in [9.17, 15) is 13.6 Å². The third-order valence-electron chi connectivity index (χ3n) is 3.06. The van der Waals surface area contributed by atoms with Crippen molar-refractivity contribution in [2.45, 2.75) is 19.8 Å². The lowest BCUT2D eigenvalue weighted by atomic mass is 10.2. The fraction of sp³-hybridized carbons (Fsp3) is 0.250. The third kappa shape index (κ3) is 4.00. The molecule has 1 aromatic carbocycles. The van der Waals surface area contributed by atoms with Gasteiger partial charge in [-0.2, -0.15) is 0 Å². The smallest absolute Gasteiger partial charge is 0.274 e. The van der Waals surface area contributed by atoms with Gasteiger partial charge in [-0.3, -0.25) is 4.79 Å². The highest BCUT2D eigenvalue weighted by molar-refractivity contribution is 6.03. The molecule has 0 fully saturated rings. The molecule has 22 heavy (non-hydrogen) atoms. The van der Waals surface area contributed by atoms with Crippen LogP contribution in [0.1, 0.15) is 30.3 Å². The van der Waals surface area contributed by atoms with Gasteiger partial charge in [0.1, 0.15) is 23.0 Å². The van der Waals surface area contributed by atoms with E-state index >= 15 is 0 Å². The van der Waals surface area contributed by atoms with E-state index in [0.29, 0.717) is 0 Å². The van der Waals surface area contributed by atoms with Gasteiger partial charge in [-0.25, -0.2) is 13.8 Å². The van der Waals surface area contributed by atoms with Gasteiger partial charge in [-0.05, 0) is 30.7 Å². The lowest BCUT2D eigenvalue weighted by Gasteiger charge is -2.08. The van der Waals surface area contributed by atoms with E-state index in [1.807, 2.05) is 0 Å². The Kier molecular flexibility index (Phi) is 5.41. The number of anilines is 2. The van der Waals surface area contributed by atoms with E-state index < -0.39 is 23.2 Å². The summed E-state index contributed by atoms with van der Waals surface area (Å²) in [6, 6.07) is 6.59. The maximum Gasteiger partial charge on any atom is 0.274 e. The number of pyridine rings is 1. The molecule has 0 bridgehead atoms. The normalized spacial score (nSPS) is 10.3. The molecule has 0 radical (unpaired) electrons. The number of para-hydroxylation sites is 1. The summed E-state index contributed by atoms with van der Waals surface area (Å²) in [5, 5.41) is 5.36. The summed E-state index contributed by atoms with van der Waals surface area (Å²) in [5.41, 5.74) is 0.408. The van der Waals surface area contributed by atoms with Crippen LogP contribution in [0.2, 0.25) is 0 Å². The van der Waals surface area contributed by atoms with E-state index in [2.05, 4.69) is 22.5 Å². The summed E-state index contributed by atoms with van der Waals surface area (Å²) in [6.45, 7) is 2.92. The third-order valence-corrected chi connectivity index (χ3v) is 3.06. The Morgan fingerprint density at radius 2 is 1.91 bits per heavy atom. The molecule has 0 saturated carbocycles. The number of nitrogens with zero attached hydrogens (tertiary/aromatic N) is 1. The maximum absolute atomic E-state index is 13.5. The number of unbranched alkanes of at least 4 members (excludes halogenated alkanes) is 1. The zero-order chi connectivity index (χ0) is 15.9. The fourth-order valence-corrected chi connectivity index (χ4v) is 1.84. The quantitative estimate of drug-likeness (QED) is 0.798. The number of carbonyl (C=O) groups excluding carboxylic acids is 1. The minimum atomic E-state index is -0.828. The van der Waals surface area contributed by atoms with Gasteiger partial charge in [0.05, 0.1) is 11.9 Å². The standard InChI is InChI=1S/C16H17F2N3O/c1-2-3-9-19-11-7-8-14(20-10-11)16(22)21-15-12(17)5-4-6-13(15)18/h4-8,10,19H,2-3,9H2,1H3,(H,21,22). The average Bonchev–Trinajstić information content (AvgIpc) is 2.52. The van der Waals surface area contributed by atoms with Gasteiger partial charge in [0.25, 0.3) is 5.91 Å². The molecule has 4 nitrogen and oxygen atoms in total. The first-order valence-electron chi connectivity index (χ1n) is 7.07. The Hall–Kier alpha value is -2.50. The molecule has 0 aliphatic heterocycles. The Balaban J connectivity index is 2.04. The summed E-state index contributed by atoms with van der Waals surface area (Å²) >= 11 is 0. The Morgan fingerprint density at radius 1 is 1.18 bits per heavy atom. The van der Waals surface area contributed by atoms with Crippen molar-refractivity contribution in [3.05, 3.63) is 53.9 Å². The molecule has 0 aliphatic rings. The van der Waals surface area contributed by atoms with Gasteiger partial charge < -0.3 is 10.6 Å². The first-order chi connectivity index (χ1) is 10.6. The van der Waals surface area contributed by atoms with Gasteiger partial charge in [0, 0.05) is 6.54 Å². The SMILES string of the molecule is CCCCNc1ccc(C(=O)Nc2c(F)cccc2F)nc1. The van der Waals surface area contributed by atoms with Crippen molar-refractivity contribution >= 4 is 17.3 Å². The zero-order valence-electron chi connectivity index (χ0n) is 12.2. The monoisotopic (exact) mass is 305 g/mol. The van der Waals surface area contributed by atoms with Crippen molar-refractivity contribution in [3.8, 4) is 0 Å². The Labute approximate surface area is 127 Å². The van der Waals surface area contributed by atoms with Crippen molar-refractivity contribution in [1.82, 2.24) is 4.98 Å². The highest BCUT2D eigenvalue weighted by atomic mass is 19.1. The number of benzene rings is 1. The van der Waals surface area contributed by atoms with Gasteiger partial charge in [0.2, 0.25) is 0 Å². The van der Waals surface area contributed by atoms with Crippen molar-refractivity contribution in [2.24, 2.45) is 0 Å². The Morgan fingerprint density at radius 3 is 2.50 bits per heavy atom. The molecular weight excluding hydrogens is 288 g/mol. The first-order valence-corrected chi connectivity index (χ1v) is 7.07. The largest absolute Gasteiger partial charge is 0.384 e. The number of hydrogen-bond donors (Lipinski definition) is 2. The summed E-state index contributed by atoms with van der Waals surface area (Å²) in [6.07, 6.45) is 3.63. The topological polar surface area (TPSA) is 54.0 Å². The lowest BCUT2D eigenvalue weighted by molar-refractivity contribution is 0.102. The number of carbonyl (C=O) groups is 1. The van der Waals surface area contributed by atoms with Crippen LogP contribution in [0.5, 0.6) is 0 Å². The molecule has 1 aromatic heterocycles.